The number of sulfonamides is 1. The molecule has 140 valence electrons. The second-order valence-electron chi connectivity index (χ2n) is 6.20. The number of nitrogens with zero attached hydrogens (tertiary/aromatic N) is 1. The van der Waals surface area contributed by atoms with E-state index in [2.05, 4.69) is 15.2 Å². The Balaban J connectivity index is 1.74. The molecule has 0 saturated heterocycles. The molecule has 0 bridgehead atoms. The van der Waals surface area contributed by atoms with Gasteiger partial charge in [-0.25, -0.2) is 8.42 Å². The number of aryl methyl sites for hydroxylation is 3. The summed E-state index contributed by atoms with van der Waals surface area (Å²) in [6.45, 7) is 5.31. The summed E-state index contributed by atoms with van der Waals surface area (Å²) in [6, 6.07) is 11.5. The van der Waals surface area contributed by atoms with Crippen LogP contribution in [0.3, 0.4) is 0 Å². The van der Waals surface area contributed by atoms with Crippen LogP contribution in [0.25, 0.3) is 0 Å². The van der Waals surface area contributed by atoms with Crippen molar-refractivity contribution < 1.29 is 17.7 Å². The largest absolute Gasteiger partial charge is 0.361 e. The molecule has 3 rings (SSSR count). The maximum atomic E-state index is 12.6. The van der Waals surface area contributed by atoms with Gasteiger partial charge >= 0.3 is 0 Å². The first-order chi connectivity index (χ1) is 12.8. The highest BCUT2D eigenvalue weighted by Crippen LogP contribution is 2.22. The maximum Gasteiger partial charge on any atom is 0.262 e. The van der Waals surface area contributed by atoms with Crippen LogP contribution >= 0.6 is 0 Å². The Morgan fingerprint density at radius 1 is 1.00 bits per heavy atom. The fraction of sp³-hybridized carbons (Fsp3) is 0.158. The summed E-state index contributed by atoms with van der Waals surface area (Å²) in [5.41, 5.74) is 2.93. The van der Waals surface area contributed by atoms with E-state index >= 15 is 0 Å². The summed E-state index contributed by atoms with van der Waals surface area (Å²) in [6.07, 6.45) is 1.34. The lowest BCUT2D eigenvalue weighted by Gasteiger charge is -2.11. The molecule has 1 aromatic heterocycles. The molecule has 7 nitrogen and oxygen atoms in total. The first-order valence-electron chi connectivity index (χ1n) is 8.19. The van der Waals surface area contributed by atoms with Crippen LogP contribution in [0.15, 0.2) is 58.1 Å². The number of anilines is 2. The van der Waals surface area contributed by atoms with Crippen LogP contribution in [0.4, 0.5) is 11.4 Å². The third-order valence-electron chi connectivity index (χ3n) is 4.01. The van der Waals surface area contributed by atoms with Crippen LogP contribution in [-0.2, 0) is 10.0 Å². The van der Waals surface area contributed by atoms with Gasteiger partial charge in [0.1, 0.15) is 11.3 Å². The summed E-state index contributed by atoms with van der Waals surface area (Å²) in [7, 11) is -3.70. The van der Waals surface area contributed by atoms with Crippen molar-refractivity contribution in [2.45, 2.75) is 25.7 Å². The number of benzene rings is 2. The zero-order valence-electron chi connectivity index (χ0n) is 15.1. The predicted octanol–water partition coefficient (Wildman–Crippen LogP) is 3.65. The first-order valence-corrected chi connectivity index (χ1v) is 9.67. The van der Waals surface area contributed by atoms with E-state index in [1.54, 1.807) is 50.2 Å². The molecule has 0 atom stereocenters. The molecule has 3 aromatic rings. The van der Waals surface area contributed by atoms with Crippen LogP contribution in [0.5, 0.6) is 0 Å². The number of carbonyl (C=O) groups is 1. The molecule has 1 amide bonds. The van der Waals surface area contributed by atoms with Crippen molar-refractivity contribution in [1.29, 1.82) is 0 Å². The van der Waals surface area contributed by atoms with E-state index in [1.165, 1.54) is 6.20 Å². The Kier molecular flexibility index (Phi) is 5.00. The van der Waals surface area contributed by atoms with Gasteiger partial charge in [0.25, 0.3) is 15.9 Å². The molecular formula is C19H19N3O4S. The molecule has 0 aliphatic rings. The Hall–Kier alpha value is -3.13. The van der Waals surface area contributed by atoms with Gasteiger partial charge in [0, 0.05) is 11.4 Å². The predicted molar refractivity (Wildman–Crippen MR) is 102 cm³/mol. The SMILES string of the molecule is Cc1ccc(S(=O)(=O)Nc2ccc(NC(=O)c3cnoc3C)cc2)c(C)c1. The minimum atomic E-state index is -3.70. The Bertz CT molecular complexity index is 1090. The summed E-state index contributed by atoms with van der Waals surface area (Å²) >= 11 is 0. The van der Waals surface area contributed by atoms with Crippen molar-refractivity contribution in [3.05, 3.63) is 71.1 Å². The van der Waals surface area contributed by atoms with E-state index in [1.807, 2.05) is 13.0 Å². The highest BCUT2D eigenvalue weighted by molar-refractivity contribution is 7.92. The molecular weight excluding hydrogens is 366 g/mol. The lowest BCUT2D eigenvalue weighted by molar-refractivity contribution is 0.102. The topological polar surface area (TPSA) is 101 Å². The highest BCUT2D eigenvalue weighted by atomic mass is 32.2. The summed E-state index contributed by atoms with van der Waals surface area (Å²) in [5.74, 6) is 0.0720. The number of nitrogens with one attached hydrogen (secondary N) is 2. The third kappa shape index (κ3) is 4.17. The number of hydrogen-bond acceptors (Lipinski definition) is 5. The number of carbonyl (C=O) groups excluding carboxylic acids is 1. The van der Waals surface area contributed by atoms with E-state index in [-0.39, 0.29) is 10.8 Å². The van der Waals surface area contributed by atoms with Crippen LogP contribution in [0, 0.1) is 20.8 Å². The molecule has 0 aliphatic carbocycles. The van der Waals surface area contributed by atoms with E-state index < -0.39 is 10.0 Å². The lowest BCUT2D eigenvalue weighted by atomic mass is 10.2. The van der Waals surface area contributed by atoms with Crippen molar-refractivity contribution in [3.8, 4) is 0 Å². The molecule has 1 heterocycles. The Labute approximate surface area is 157 Å². The molecule has 2 aromatic carbocycles. The Morgan fingerprint density at radius 3 is 2.26 bits per heavy atom. The van der Waals surface area contributed by atoms with Crippen molar-refractivity contribution in [3.63, 3.8) is 0 Å². The van der Waals surface area contributed by atoms with Crippen molar-refractivity contribution >= 4 is 27.3 Å². The summed E-state index contributed by atoms with van der Waals surface area (Å²) < 4.78 is 32.6. The van der Waals surface area contributed by atoms with E-state index in [9.17, 15) is 13.2 Å². The lowest BCUT2D eigenvalue weighted by Crippen LogP contribution is -2.15. The van der Waals surface area contributed by atoms with Crippen LogP contribution in [0.2, 0.25) is 0 Å². The molecule has 0 fully saturated rings. The molecule has 2 N–H and O–H groups in total. The molecule has 0 spiro atoms. The van der Waals surface area contributed by atoms with Crippen LogP contribution < -0.4 is 10.0 Å². The second kappa shape index (κ2) is 7.24. The van der Waals surface area contributed by atoms with Gasteiger partial charge in [0.2, 0.25) is 0 Å². The monoisotopic (exact) mass is 385 g/mol. The molecule has 8 heteroatoms. The normalized spacial score (nSPS) is 11.2. The zero-order chi connectivity index (χ0) is 19.6. The highest BCUT2D eigenvalue weighted by Gasteiger charge is 2.17. The smallest absolute Gasteiger partial charge is 0.262 e. The summed E-state index contributed by atoms with van der Waals surface area (Å²) in [5, 5.41) is 6.27. The van der Waals surface area contributed by atoms with Crippen LogP contribution in [-0.4, -0.2) is 19.5 Å². The van der Waals surface area contributed by atoms with Crippen molar-refractivity contribution in [2.75, 3.05) is 10.0 Å². The van der Waals surface area contributed by atoms with E-state index in [4.69, 9.17) is 4.52 Å². The summed E-state index contributed by atoms with van der Waals surface area (Å²) in [4.78, 5) is 12.4. The van der Waals surface area contributed by atoms with Gasteiger partial charge in [-0.3, -0.25) is 9.52 Å². The van der Waals surface area contributed by atoms with Crippen LogP contribution in [0.1, 0.15) is 27.2 Å². The standard InChI is InChI=1S/C19H19N3O4S/c1-12-4-9-18(13(2)10-12)27(24,25)22-16-7-5-15(6-8-16)21-19(23)17-11-20-26-14(17)3/h4-11,22H,1-3H3,(H,21,23). The number of aromatic nitrogens is 1. The number of amides is 1. The van der Waals surface area contributed by atoms with Crippen molar-refractivity contribution in [1.82, 2.24) is 5.16 Å². The van der Waals surface area contributed by atoms with Gasteiger partial charge in [-0.05, 0) is 56.7 Å². The van der Waals surface area contributed by atoms with Gasteiger partial charge in [-0.15, -0.1) is 0 Å². The fourth-order valence-corrected chi connectivity index (χ4v) is 3.93. The first kappa shape index (κ1) is 18.7. The average molecular weight is 385 g/mol. The van der Waals surface area contributed by atoms with Gasteiger partial charge in [-0.1, -0.05) is 22.9 Å². The molecule has 27 heavy (non-hydrogen) atoms. The van der Waals surface area contributed by atoms with Crippen molar-refractivity contribution in [2.24, 2.45) is 0 Å². The second-order valence-corrected chi connectivity index (χ2v) is 7.85. The minimum absolute atomic E-state index is 0.230. The zero-order valence-corrected chi connectivity index (χ0v) is 15.9. The Morgan fingerprint density at radius 2 is 1.67 bits per heavy atom. The number of hydrogen-bond donors (Lipinski definition) is 2. The van der Waals surface area contributed by atoms with Gasteiger partial charge in [-0.2, -0.15) is 0 Å². The average Bonchev–Trinajstić information content (AvgIpc) is 3.02. The molecule has 0 radical (unpaired) electrons. The molecule has 0 unspecified atom stereocenters. The van der Waals surface area contributed by atoms with E-state index in [0.29, 0.717) is 28.3 Å². The van der Waals surface area contributed by atoms with Gasteiger partial charge in [0.15, 0.2) is 0 Å². The minimum Gasteiger partial charge on any atom is -0.361 e. The van der Waals surface area contributed by atoms with Gasteiger partial charge in [0.05, 0.1) is 11.1 Å². The fourth-order valence-electron chi connectivity index (χ4n) is 2.65. The molecule has 0 saturated carbocycles. The third-order valence-corrected chi connectivity index (χ3v) is 5.55. The van der Waals surface area contributed by atoms with E-state index in [0.717, 1.165) is 5.56 Å². The number of rotatable bonds is 5. The quantitative estimate of drug-likeness (QED) is 0.698. The maximum absolute atomic E-state index is 12.6. The molecule has 0 aliphatic heterocycles. The van der Waals surface area contributed by atoms with Gasteiger partial charge < -0.3 is 9.84 Å².